The van der Waals surface area contributed by atoms with Crippen molar-refractivity contribution in [2.75, 3.05) is 0 Å². The van der Waals surface area contributed by atoms with Crippen LogP contribution in [0.3, 0.4) is 0 Å². The molecule has 1 aliphatic carbocycles. The Kier molecular flexibility index (Phi) is 17.6. The van der Waals surface area contributed by atoms with Crippen molar-refractivity contribution in [3.63, 3.8) is 0 Å². The number of para-hydroxylation sites is 3. The van der Waals surface area contributed by atoms with Gasteiger partial charge in [0.1, 0.15) is 38.5 Å². The molecule has 0 atom stereocenters. The van der Waals surface area contributed by atoms with Crippen molar-refractivity contribution in [1.82, 2.24) is 48.6 Å². The molecule has 1 aliphatic rings. The summed E-state index contributed by atoms with van der Waals surface area (Å²) in [5.41, 5.74) is 26.0. The van der Waals surface area contributed by atoms with E-state index in [-0.39, 0.29) is 5.41 Å². The summed E-state index contributed by atoms with van der Waals surface area (Å²) in [4.78, 5) is 38.2. The number of furan rings is 1. The van der Waals surface area contributed by atoms with Crippen LogP contribution in [0, 0.1) is 0 Å². The van der Waals surface area contributed by atoms with Crippen LogP contribution in [0.25, 0.3) is 247 Å². The lowest BCUT2D eigenvalue weighted by Crippen LogP contribution is -2.19. The van der Waals surface area contributed by atoms with E-state index in [0.29, 0.717) is 17.2 Å². The number of hydrogen-bond acceptors (Lipinski definition) is 9. The van der Waals surface area contributed by atoms with Gasteiger partial charge in [0, 0.05) is 76.1 Å². The Morgan fingerprint density at radius 1 is 0.258 bits per heavy atom. The molecule has 9 heterocycles. The molecule has 0 aliphatic heterocycles. The predicted molar refractivity (Wildman–Crippen MR) is 547 cm³/mol. The Balaban J connectivity index is 0.000000104. The second kappa shape index (κ2) is 30.5. The Hall–Kier alpha value is -17.2. The number of rotatable bonds is 9. The van der Waals surface area contributed by atoms with Gasteiger partial charge in [0.05, 0.1) is 50.2 Å². The van der Waals surface area contributed by atoms with Gasteiger partial charge in [-0.2, -0.15) is 4.98 Å². The average Bonchev–Trinajstić information content (AvgIpc) is 1.55. The molecule has 12 heteroatoms. The standard InChI is InChI=1S/C41H24N4O.C41H29N3.C38H23N3S/c1-2-12-27-23-36-33(22-26(27)11-1)31-15-5-6-18-35(31)45(36)40-39(34-17-7-8-21-42-34)43-38-32-20-19-28(24-37(32)46-41(38)44-40)30-16-9-13-25-10-3-4-14-29(25)30;1-41(2)34-24-30(26-13-5-3-6-14-26)21-22-32(34)38-39(41)43-40(37(42-38)27-15-7-4-8-16-27)44-35-20-12-11-19-31(35)33-23-28-17-9-10-18-29(28)25-36(33)44;1-3-11-24(12-4-1)28-19-20-30-34(23-28)42-38-36(30)39-35(25-13-5-2-6-14-25)37(40-38)41-32-18-10-9-17-29(32)31-21-26-15-7-8-16-27(26)22-33(31)41/h1-24H;3-25H,1-2H3;1-23H. The molecule has 0 spiro atoms. The molecule has 0 N–H and O–H groups in total. The van der Waals surface area contributed by atoms with Crippen molar-refractivity contribution in [3.05, 3.63) is 436 Å². The zero-order valence-corrected chi connectivity index (χ0v) is 72.5. The highest BCUT2D eigenvalue weighted by Gasteiger charge is 2.40. The summed E-state index contributed by atoms with van der Waals surface area (Å²) in [6, 6.07) is 148. The molecule has 0 saturated heterocycles. The van der Waals surface area contributed by atoms with E-state index in [0.717, 1.165) is 149 Å². The first-order valence-corrected chi connectivity index (χ1v) is 45.5. The third kappa shape index (κ3) is 12.4. The molecular weight excluding hydrogens is 1630 g/mol. The number of benzene rings is 18. The van der Waals surface area contributed by atoms with Crippen LogP contribution in [0.4, 0.5) is 0 Å². The van der Waals surface area contributed by atoms with Gasteiger partial charge in [0.25, 0.3) is 0 Å². The zero-order valence-electron chi connectivity index (χ0n) is 71.7. The highest BCUT2D eigenvalue weighted by Crippen LogP contribution is 2.52. The highest BCUT2D eigenvalue weighted by molar-refractivity contribution is 7.25. The minimum Gasteiger partial charge on any atom is -0.436 e. The van der Waals surface area contributed by atoms with E-state index in [1.165, 1.54) is 91.8 Å². The minimum atomic E-state index is -0.322. The molecule has 0 saturated carbocycles. The lowest BCUT2D eigenvalue weighted by molar-refractivity contribution is 0.633. The van der Waals surface area contributed by atoms with Crippen molar-refractivity contribution in [2.45, 2.75) is 19.3 Å². The fourth-order valence-corrected chi connectivity index (χ4v) is 21.3. The van der Waals surface area contributed by atoms with Gasteiger partial charge in [0.15, 0.2) is 17.5 Å². The SMILES string of the molecule is CC1(C)c2cc(-c3ccccc3)ccc2-c2nc(-c3ccccc3)c(-n3c4ccccc4c4cc5ccccc5cc43)nc21.c1ccc(-c2ccc3c(c2)sc2nc(-n4c5ccccc5c5cc6ccccc6cc54)c(-c4ccccc4)nc23)cc1.c1ccc(-c2nc3c(nc2-n2c4ccccc4c4cc5ccccc5cc42)oc2cc(-c4cccc5ccccc45)ccc23)nc1. The molecule has 9 aromatic heterocycles. The maximum absolute atomic E-state index is 6.54. The summed E-state index contributed by atoms with van der Waals surface area (Å²) in [7, 11) is 0. The molecule has 0 bridgehead atoms. The Bertz CT molecular complexity index is 9380. The second-order valence-electron chi connectivity index (χ2n) is 34.6. The molecule has 0 radical (unpaired) electrons. The molecule has 27 aromatic rings. The average molecular weight is 1710 g/mol. The molecule has 0 amide bonds. The summed E-state index contributed by atoms with van der Waals surface area (Å²) in [6.07, 6.45) is 1.80. The fourth-order valence-electron chi connectivity index (χ4n) is 20.2. The minimum absolute atomic E-state index is 0.322. The second-order valence-corrected chi connectivity index (χ2v) is 35.6. The van der Waals surface area contributed by atoms with E-state index in [1.807, 2.05) is 24.3 Å². The highest BCUT2D eigenvalue weighted by atomic mass is 32.1. The Morgan fingerprint density at radius 2 is 0.689 bits per heavy atom. The van der Waals surface area contributed by atoms with Gasteiger partial charge >= 0.3 is 0 Å². The van der Waals surface area contributed by atoms with Gasteiger partial charge in [-0.25, -0.2) is 24.9 Å². The lowest BCUT2D eigenvalue weighted by atomic mass is 9.84. The fraction of sp³-hybridized carbons (Fsp3) is 0.0250. The maximum atomic E-state index is 6.54. The zero-order chi connectivity index (χ0) is 87.2. The van der Waals surface area contributed by atoms with Crippen LogP contribution in [0.15, 0.2) is 429 Å². The molecule has 0 fully saturated rings. The molecule has 11 nitrogen and oxygen atoms in total. The first-order chi connectivity index (χ1) is 65.2. The molecule has 18 aromatic carbocycles. The van der Waals surface area contributed by atoms with Crippen LogP contribution in [0.1, 0.15) is 25.1 Å². The summed E-state index contributed by atoms with van der Waals surface area (Å²) < 4.78 is 14.6. The normalized spacial score (nSPS) is 12.4. The van der Waals surface area contributed by atoms with Crippen LogP contribution in [0.5, 0.6) is 0 Å². The third-order valence-electron chi connectivity index (χ3n) is 26.6. The van der Waals surface area contributed by atoms with Crippen LogP contribution in [-0.2, 0) is 5.41 Å². The largest absolute Gasteiger partial charge is 0.436 e. The number of hydrogen-bond donors (Lipinski definition) is 0. The molecule has 28 rings (SSSR count). The number of fused-ring (bicyclic) bond motifs is 22. The van der Waals surface area contributed by atoms with Gasteiger partial charge in [-0.1, -0.05) is 341 Å². The van der Waals surface area contributed by atoms with Crippen molar-refractivity contribution in [1.29, 1.82) is 0 Å². The first kappa shape index (κ1) is 76.1. The number of thiophene rings is 1. The van der Waals surface area contributed by atoms with Gasteiger partial charge in [0.2, 0.25) is 5.71 Å². The summed E-state index contributed by atoms with van der Waals surface area (Å²) >= 11 is 1.71. The van der Waals surface area contributed by atoms with Crippen molar-refractivity contribution < 1.29 is 4.42 Å². The van der Waals surface area contributed by atoms with E-state index in [9.17, 15) is 0 Å². The van der Waals surface area contributed by atoms with Crippen LogP contribution >= 0.6 is 11.3 Å². The van der Waals surface area contributed by atoms with Crippen LogP contribution in [-0.4, -0.2) is 48.6 Å². The summed E-state index contributed by atoms with van der Waals surface area (Å²) in [5.74, 6) is 2.40. The predicted octanol–water partition coefficient (Wildman–Crippen LogP) is 31.3. The first-order valence-electron chi connectivity index (χ1n) is 44.6. The van der Waals surface area contributed by atoms with E-state index < -0.39 is 0 Å². The number of pyridine rings is 1. The van der Waals surface area contributed by atoms with Crippen LogP contribution < -0.4 is 0 Å². The van der Waals surface area contributed by atoms with Gasteiger partial charge in [-0.3, -0.25) is 18.7 Å². The van der Waals surface area contributed by atoms with Crippen molar-refractivity contribution in [3.8, 4) is 96.0 Å². The van der Waals surface area contributed by atoms with E-state index >= 15 is 0 Å². The number of aromatic nitrogens is 10. The molecule has 618 valence electrons. The Labute approximate surface area is 761 Å². The molecule has 132 heavy (non-hydrogen) atoms. The Morgan fingerprint density at radius 3 is 1.23 bits per heavy atom. The van der Waals surface area contributed by atoms with Crippen LogP contribution in [0.2, 0.25) is 0 Å². The smallest absolute Gasteiger partial charge is 0.248 e. The van der Waals surface area contributed by atoms with Crippen molar-refractivity contribution >= 4 is 162 Å². The quantitative estimate of drug-likeness (QED) is 0.140. The van der Waals surface area contributed by atoms with E-state index in [2.05, 4.69) is 422 Å². The maximum Gasteiger partial charge on any atom is 0.248 e. The molecular formula is C120H76N10OS. The van der Waals surface area contributed by atoms with Crippen molar-refractivity contribution in [2.24, 2.45) is 0 Å². The van der Waals surface area contributed by atoms with Gasteiger partial charge in [-0.15, -0.1) is 11.3 Å². The monoisotopic (exact) mass is 1700 g/mol. The van der Waals surface area contributed by atoms with Gasteiger partial charge in [-0.05, 0) is 173 Å². The van der Waals surface area contributed by atoms with E-state index in [1.54, 1.807) is 17.5 Å². The summed E-state index contributed by atoms with van der Waals surface area (Å²) in [6.45, 7) is 4.57. The lowest BCUT2D eigenvalue weighted by Gasteiger charge is -2.22. The van der Waals surface area contributed by atoms with E-state index in [4.69, 9.17) is 39.3 Å². The van der Waals surface area contributed by atoms with Gasteiger partial charge < -0.3 is 4.42 Å². The summed E-state index contributed by atoms with van der Waals surface area (Å²) in [5, 5.41) is 18.9. The topological polar surface area (TPSA) is 118 Å². The third-order valence-corrected chi connectivity index (χ3v) is 27.6. The number of nitrogens with zero attached hydrogens (tertiary/aromatic N) is 10. The molecule has 0 unspecified atom stereocenters.